The summed E-state index contributed by atoms with van der Waals surface area (Å²) >= 11 is 0. The molecule has 2 nitrogen and oxygen atoms in total. The van der Waals surface area contributed by atoms with Crippen LogP contribution in [0.15, 0.2) is 0 Å². The van der Waals surface area contributed by atoms with Crippen molar-refractivity contribution >= 4 is 0 Å². The Kier molecular flexibility index (Phi) is 3.99. The Hall–Kier alpha value is -0.290. The highest BCUT2D eigenvalue weighted by Crippen LogP contribution is 2.22. The van der Waals surface area contributed by atoms with Gasteiger partial charge in [-0.05, 0) is 12.3 Å². The van der Waals surface area contributed by atoms with Crippen molar-refractivity contribution in [1.29, 1.82) is 0 Å². The van der Waals surface area contributed by atoms with Crippen molar-refractivity contribution in [3.05, 3.63) is 0 Å². The molecule has 0 radical (unpaired) electrons. The van der Waals surface area contributed by atoms with Crippen LogP contribution in [-0.2, 0) is 0 Å². The van der Waals surface area contributed by atoms with Crippen LogP contribution in [0.5, 0.6) is 0 Å². The third-order valence-corrected chi connectivity index (χ3v) is 1.58. The molecule has 0 aromatic heterocycles. The van der Waals surface area contributed by atoms with E-state index in [1.807, 2.05) is 13.8 Å². The van der Waals surface area contributed by atoms with Crippen molar-refractivity contribution in [3.8, 4) is 0 Å². The van der Waals surface area contributed by atoms with Crippen LogP contribution >= 0.6 is 0 Å². The Labute approximate surface area is 70.1 Å². The summed E-state index contributed by atoms with van der Waals surface area (Å²) in [5, 5.41) is 0. The van der Waals surface area contributed by atoms with Gasteiger partial charge in [0.2, 0.25) is 0 Å². The molecule has 0 fully saturated rings. The second kappa shape index (κ2) is 4.09. The van der Waals surface area contributed by atoms with Crippen molar-refractivity contribution in [2.24, 2.45) is 17.4 Å². The first-order valence-electron chi connectivity index (χ1n) is 3.83. The fourth-order valence-corrected chi connectivity index (χ4v) is 0.934. The first-order chi connectivity index (χ1) is 5.25. The maximum absolute atomic E-state index is 11.9. The normalized spacial score (nSPS) is 18.0. The summed E-state index contributed by atoms with van der Waals surface area (Å²) in [5.41, 5.74) is 10.2. The molecule has 0 amide bonds. The van der Waals surface area contributed by atoms with Crippen LogP contribution in [0.4, 0.5) is 13.2 Å². The summed E-state index contributed by atoms with van der Waals surface area (Å²) in [7, 11) is 0. The van der Waals surface area contributed by atoms with Crippen molar-refractivity contribution in [3.63, 3.8) is 0 Å². The molecular formula is C7H15F3N2. The highest BCUT2D eigenvalue weighted by atomic mass is 19.4. The standard InChI is InChI=1S/C7H15F3N2/c1-4(2)3-5(11)6(12)7(8,9)10/h4-6H,3,11-12H2,1-2H3/t5-,6+/m0/s1. The fraction of sp³-hybridized carbons (Fsp3) is 1.00. The SMILES string of the molecule is CC(C)C[C@H](N)[C@@H](N)C(F)(F)F. The lowest BCUT2D eigenvalue weighted by Gasteiger charge is -2.23. The monoisotopic (exact) mass is 184 g/mol. The van der Waals surface area contributed by atoms with Crippen LogP contribution in [0.25, 0.3) is 0 Å². The highest BCUT2D eigenvalue weighted by molar-refractivity contribution is 4.82. The van der Waals surface area contributed by atoms with Gasteiger partial charge in [-0.3, -0.25) is 0 Å². The van der Waals surface area contributed by atoms with Gasteiger partial charge in [0.1, 0.15) is 6.04 Å². The molecule has 5 heteroatoms. The molecule has 0 aliphatic rings. The van der Waals surface area contributed by atoms with Crippen LogP contribution in [0, 0.1) is 5.92 Å². The molecule has 0 rings (SSSR count). The van der Waals surface area contributed by atoms with Gasteiger partial charge in [0.05, 0.1) is 0 Å². The van der Waals surface area contributed by atoms with Crippen LogP contribution in [0.2, 0.25) is 0 Å². The molecule has 0 aromatic rings. The molecule has 0 bridgehead atoms. The molecule has 0 aromatic carbocycles. The van der Waals surface area contributed by atoms with E-state index in [-0.39, 0.29) is 5.92 Å². The van der Waals surface area contributed by atoms with E-state index < -0.39 is 18.3 Å². The van der Waals surface area contributed by atoms with Gasteiger partial charge in [0.15, 0.2) is 0 Å². The van der Waals surface area contributed by atoms with Gasteiger partial charge in [0.25, 0.3) is 0 Å². The molecular weight excluding hydrogens is 169 g/mol. The molecule has 0 saturated carbocycles. The minimum Gasteiger partial charge on any atom is -0.326 e. The topological polar surface area (TPSA) is 52.0 Å². The third kappa shape index (κ3) is 3.92. The summed E-state index contributed by atoms with van der Waals surface area (Å²) in [6.45, 7) is 3.62. The van der Waals surface area contributed by atoms with Crippen LogP contribution < -0.4 is 11.5 Å². The largest absolute Gasteiger partial charge is 0.405 e. The average Bonchev–Trinajstić information content (AvgIpc) is 1.82. The Morgan fingerprint density at radius 1 is 1.17 bits per heavy atom. The minimum absolute atomic E-state index is 0.133. The molecule has 74 valence electrons. The summed E-state index contributed by atoms with van der Waals surface area (Å²) in [6, 6.07) is -2.90. The molecule has 2 atom stereocenters. The quantitative estimate of drug-likeness (QED) is 0.693. The van der Waals surface area contributed by atoms with Crippen molar-refractivity contribution < 1.29 is 13.2 Å². The predicted molar refractivity (Wildman–Crippen MR) is 41.5 cm³/mol. The van der Waals surface area contributed by atoms with E-state index in [2.05, 4.69) is 0 Å². The van der Waals surface area contributed by atoms with Crippen molar-refractivity contribution in [2.75, 3.05) is 0 Å². The zero-order valence-corrected chi connectivity index (χ0v) is 7.23. The fourth-order valence-electron chi connectivity index (χ4n) is 0.934. The Morgan fingerprint density at radius 2 is 1.58 bits per heavy atom. The molecule has 0 spiro atoms. The highest BCUT2D eigenvalue weighted by Gasteiger charge is 2.40. The van der Waals surface area contributed by atoms with Gasteiger partial charge in [0, 0.05) is 6.04 Å². The summed E-state index contributed by atoms with van der Waals surface area (Å²) in [4.78, 5) is 0. The summed E-state index contributed by atoms with van der Waals surface area (Å²) in [5.74, 6) is 0.133. The van der Waals surface area contributed by atoms with E-state index >= 15 is 0 Å². The lowest BCUT2D eigenvalue weighted by Crippen LogP contribution is -2.51. The second-order valence-corrected chi connectivity index (χ2v) is 3.36. The minimum atomic E-state index is -4.38. The molecule has 0 heterocycles. The van der Waals surface area contributed by atoms with Crippen LogP contribution in [0.3, 0.4) is 0 Å². The molecule has 0 saturated heterocycles. The second-order valence-electron chi connectivity index (χ2n) is 3.36. The smallest absolute Gasteiger partial charge is 0.326 e. The maximum atomic E-state index is 11.9. The zero-order chi connectivity index (χ0) is 9.94. The van der Waals surface area contributed by atoms with Crippen molar-refractivity contribution in [2.45, 2.75) is 38.5 Å². The third-order valence-electron chi connectivity index (χ3n) is 1.58. The number of hydrogen-bond donors (Lipinski definition) is 2. The molecule has 0 unspecified atom stereocenters. The number of hydrogen-bond acceptors (Lipinski definition) is 2. The molecule has 0 aliphatic heterocycles. The molecule has 0 aliphatic carbocycles. The van der Waals surface area contributed by atoms with E-state index in [4.69, 9.17) is 11.5 Å². The van der Waals surface area contributed by atoms with Crippen molar-refractivity contribution in [1.82, 2.24) is 0 Å². The van der Waals surface area contributed by atoms with E-state index in [0.717, 1.165) is 0 Å². The Bertz CT molecular complexity index is 133. The first-order valence-corrected chi connectivity index (χ1v) is 3.83. The number of alkyl halides is 3. The van der Waals surface area contributed by atoms with E-state index in [1.165, 1.54) is 0 Å². The maximum Gasteiger partial charge on any atom is 0.405 e. The first kappa shape index (κ1) is 11.7. The van der Waals surface area contributed by atoms with Gasteiger partial charge >= 0.3 is 6.18 Å². The van der Waals surface area contributed by atoms with Gasteiger partial charge in [-0.15, -0.1) is 0 Å². The number of nitrogens with two attached hydrogens (primary N) is 2. The molecule has 12 heavy (non-hydrogen) atoms. The number of rotatable bonds is 3. The van der Waals surface area contributed by atoms with Gasteiger partial charge < -0.3 is 11.5 Å². The zero-order valence-electron chi connectivity index (χ0n) is 7.23. The van der Waals surface area contributed by atoms with E-state index in [1.54, 1.807) is 0 Å². The molecule has 4 N–H and O–H groups in total. The average molecular weight is 184 g/mol. The van der Waals surface area contributed by atoms with Gasteiger partial charge in [-0.25, -0.2) is 0 Å². The van der Waals surface area contributed by atoms with Crippen LogP contribution in [0.1, 0.15) is 20.3 Å². The Morgan fingerprint density at radius 3 is 1.83 bits per heavy atom. The Balaban J connectivity index is 4.01. The van der Waals surface area contributed by atoms with E-state index in [0.29, 0.717) is 6.42 Å². The number of halogens is 3. The summed E-state index contributed by atoms with van der Waals surface area (Å²) in [6.07, 6.45) is -4.09. The van der Waals surface area contributed by atoms with Crippen LogP contribution in [-0.4, -0.2) is 18.3 Å². The van der Waals surface area contributed by atoms with Gasteiger partial charge in [-0.2, -0.15) is 13.2 Å². The predicted octanol–water partition coefficient (Wildman–Crippen LogP) is 1.25. The van der Waals surface area contributed by atoms with E-state index in [9.17, 15) is 13.2 Å². The lowest BCUT2D eigenvalue weighted by molar-refractivity contribution is -0.152. The lowest BCUT2D eigenvalue weighted by atomic mass is 9.98. The summed E-state index contributed by atoms with van der Waals surface area (Å²) < 4.78 is 35.8. The van der Waals surface area contributed by atoms with Gasteiger partial charge in [-0.1, -0.05) is 13.8 Å².